The first-order valence-electron chi connectivity index (χ1n) is 7.94. The first-order valence-corrected chi connectivity index (χ1v) is 9.56. The van der Waals surface area contributed by atoms with Crippen LogP contribution in [-0.2, 0) is 14.3 Å². The zero-order valence-electron chi connectivity index (χ0n) is 15.1. The molecule has 6 nitrogen and oxygen atoms in total. The Kier molecular flexibility index (Phi) is 13.8. The normalized spacial score (nSPS) is 10.9. The van der Waals surface area contributed by atoms with E-state index in [0.717, 1.165) is 0 Å². The third-order valence-electron chi connectivity index (χ3n) is 3.01. The standard InChI is InChI=1S/C13H11BrClNO2S.C5H11NO2/c1-16-10(12(14)13(18)19)6-7-11(17)8-2-4-9(15)5-3-8;1-3-8-5(7)4-6-2/h2-5H,1,6-7H2,(H,18,19);6H,3-4H2,1-2H3/b12-10+;. The van der Waals surface area contributed by atoms with Crippen LogP contribution in [0.15, 0.2) is 39.4 Å². The number of carbonyl (C=O) groups excluding carboxylic acids is 3. The number of nitrogens with one attached hydrogen (secondary N) is 1. The Morgan fingerprint density at radius 2 is 1.85 bits per heavy atom. The van der Waals surface area contributed by atoms with Gasteiger partial charge in [0.05, 0.1) is 23.3 Å². The van der Waals surface area contributed by atoms with Gasteiger partial charge in [-0.1, -0.05) is 24.2 Å². The summed E-state index contributed by atoms with van der Waals surface area (Å²) in [4.78, 5) is 37.1. The third-order valence-corrected chi connectivity index (χ3v) is 4.61. The van der Waals surface area contributed by atoms with Crippen molar-refractivity contribution in [3.63, 3.8) is 0 Å². The minimum absolute atomic E-state index is 0.0512. The molecule has 1 aromatic carbocycles. The lowest BCUT2D eigenvalue weighted by Crippen LogP contribution is -2.20. The van der Waals surface area contributed by atoms with Crippen LogP contribution in [0.5, 0.6) is 0 Å². The lowest BCUT2D eigenvalue weighted by Gasteiger charge is -2.04. The van der Waals surface area contributed by atoms with Crippen molar-refractivity contribution < 1.29 is 19.1 Å². The summed E-state index contributed by atoms with van der Waals surface area (Å²) in [6, 6.07) is 6.64. The Labute approximate surface area is 177 Å². The first kappa shape index (κ1) is 25.5. The van der Waals surface area contributed by atoms with Crippen molar-refractivity contribution in [1.29, 1.82) is 0 Å². The zero-order valence-corrected chi connectivity index (χ0v) is 18.4. The van der Waals surface area contributed by atoms with Crippen molar-refractivity contribution in [1.82, 2.24) is 5.32 Å². The van der Waals surface area contributed by atoms with Crippen LogP contribution in [0.3, 0.4) is 0 Å². The second-order valence-electron chi connectivity index (χ2n) is 4.99. The van der Waals surface area contributed by atoms with Gasteiger partial charge in [-0.2, -0.15) is 0 Å². The number of ether oxygens (including phenoxy) is 1. The molecule has 0 spiro atoms. The van der Waals surface area contributed by atoms with Gasteiger partial charge >= 0.3 is 5.97 Å². The molecule has 0 amide bonds. The number of likely N-dealkylation sites (N-methyl/N-ethyl adjacent to an activating group) is 1. The third kappa shape index (κ3) is 11.1. The van der Waals surface area contributed by atoms with Crippen molar-refractivity contribution in [3.05, 3.63) is 45.0 Å². The molecule has 1 rings (SSSR count). The van der Waals surface area contributed by atoms with E-state index < -0.39 is 5.12 Å². The van der Waals surface area contributed by atoms with E-state index in [9.17, 15) is 14.4 Å². The van der Waals surface area contributed by atoms with Crippen LogP contribution in [0.25, 0.3) is 0 Å². The maximum Gasteiger partial charge on any atom is 0.319 e. The van der Waals surface area contributed by atoms with Crippen LogP contribution in [0, 0.1) is 0 Å². The zero-order chi connectivity index (χ0) is 20.8. The van der Waals surface area contributed by atoms with Gasteiger partial charge in [-0.25, -0.2) is 0 Å². The monoisotopic (exact) mass is 476 g/mol. The van der Waals surface area contributed by atoms with Crippen molar-refractivity contribution in [3.8, 4) is 0 Å². The van der Waals surface area contributed by atoms with E-state index in [1.165, 1.54) is 0 Å². The quantitative estimate of drug-likeness (QED) is 0.186. The molecule has 0 fully saturated rings. The lowest BCUT2D eigenvalue weighted by molar-refractivity contribution is -0.141. The summed E-state index contributed by atoms with van der Waals surface area (Å²) >= 11 is 12.5. The molecule has 0 aromatic heterocycles. The summed E-state index contributed by atoms with van der Waals surface area (Å²) in [5.41, 5.74) is 0.989. The molecule has 0 unspecified atom stereocenters. The van der Waals surface area contributed by atoms with Crippen LogP contribution in [0.4, 0.5) is 0 Å². The molecule has 0 aliphatic carbocycles. The number of esters is 1. The topological polar surface area (TPSA) is 84.8 Å². The number of allylic oxidation sites excluding steroid dienone is 1. The van der Waals surface area contributed by atoms with Crippen molar-refractivity contribution >= 4 is 63.7 Å². The minimum atomic E-state index is -0.443. The fourth-order valence-electron chi connectivity index (χ4n) is 1.75. The van der Waals surface area contributed by atoms with E-state index in [1.54, 1.807) is 38.2 Å². The number of thiol groups is 1. The minimum Gasteiger partial charge on any atom is -0.465 e. The summed E-state index contributed by atoms with van der Waals surface area (Å²) < 4.78 is 4.81. The molecule has 1 N–H and O–H groups in total. The van der Waals surface area contributed by atoms with Gasteiger partial charge in [0.2, 0.25) is 5.12 Å². The predicted molar refractivity (Wildman–Crippen MR) is 115 cm³/mol. The molecule has 0 aliphatic heterocycles. The number of rotatable bonds is 9. The largest absolute Gasteiger partial charge is 0.465 e. The van der Waals surface area contributed by atoms with Gasteiger partial charge in [0.15, 0.2) is 5.78 Å². The van der Waals surface area contributed by atoms with E-state index in [2.05, 4.69) is 50.3 Å². The van der Waals surface area contributed by atoms with Crippen LogP contribution < -0.4 is 5.32 Å². The Morgan fingerprint density at radius 1 is 1.26 bits per heavy atom. The summed E-state index contributed by atoms with van der Waals surface area (Å²) in [7, 11) is 1.71. The number of aliphatic imine (C=N–C) groups is 1. The van der Waals surface area contributed by atoms with Crippen molar-refractivity contribution in [2.75, 3.05) is 20.2 Å². The van der Waals surface area contributed by atoms with Crippen LogP contribution in [-0.4, -0.2) is 43.8 Å². The van der Waals surface area contributed by atoms with Gasteiger partial charge < -0.3 is 10.1 Å². The van der Waals surface area contributed by atoms with Gasteiger partial charge in [0.1, 0.15) is 0 Å². The van der Waals surface area contributed by atoms with E-state index in [0.29, 0.717) is 35.9 Å². The Morgan fingerprint density at radius 3 is 2.30 bits per heavy atom. The summed E-state index contributed by atoms with van der Waals surface area (Å²) in [6.07, 6.45) is 0.546. The van der Waals surface area contributed by atoms with Crippen LogP contribution in [0.1, 0.15) is 30.1 Å². The van der Waals surface area contributed by atoms with Gasteiger partial charge in [-0.05, 0) is 67.3 Å². The van der Waals surface area contributed by atoms with Crippen molar-refractivity contribution in [2.45, 2.75) is 19.8 Å². The number of nitrogens with zero attached hydrogens (tertiary/aromatic N) is 1. The highest BCUT2D eigenvalue weighted by atomic mass is 79.9. The van der Waals surface area contributed by atoms with Crippen molar-refractivity contribution in [2.24, 2.45) is 4.99 Å². The number of carbonyl (C=O) groups is 3. The molecule has 0 aliphatic rings. The lowest BCUT2D eigenvalue weighted by atomic mass is 10.1. The highest BCUT2D eigenvalue weighted by molar-refractivity contribution is 9.12. The average Bonchev–Trinajstić information content (AvgIpc) is 2.63. The number of ketones is 1. The number of halogens is 2. The second kappa shape index (κ2) is 14.6. The van der Waals surface area contributed by atoms with E-state index in [-0.39, 0.29) is 22.7 Å². The van der Waals surface area contributed by atoms with Gasteiger partial charge in [0, 0.05) is 17.0 Å². The number of hydrogen-bond donors (Lipinski definition) is 2. The summed E-state index contributed by atoms with van der Waals surface area (Å²) in [5, 5.41) is 2.81. The molecule has 9 heteroatoms. The maximum absolute atomic E-state index is 11.9. The van der Waals surface area contributed by atoms with Crippen LogP contribution >= 0.6 is 40.2 Å². The molecule has 27 heavy (non-hydrogen) atoms. The molecule has 0 radical (unpaired) electrons. The summed E-state index contributed by atoms with van der Waals surface area (Å²) in [6.45, 7) is 5.92. The molecule has 148 valence electrons. The first-order chi connectivity index (χ1) is 12.8. The smallest absolute Gasteiger partial charge is 0.319 e. The predicted octanol–water partition coefficient (Wildman–Crippen LogP) is 3.84. The number of hydrogen-bond acceptors (Lipinski definition) is 6. The molecular formula is C18H22BrClN2O4S. The fraction of sp³-hybridized carbons (Fsp3) is 0.333. The summed E-state index contributed by atoms with van der Waals surface area (Å²) in [5.74, 6) is -0.250. The van der Waals surface area contributed by atoms with E-state index in [1.807, 2.05) is 0 Å². The Hall–Kier alpha value is -1.48. The molecule has 1 aromatic rings. The maximum atomic E-state index is 11.9. The average molecular weight is 478 g/mol. The molecule has 0 heterocycles. The van der Waals surface area contributed by atoms with Crippen LogP contribution in [0.2, 0.25) is 5.02 Å². The number of benzene rings is 1. The molecular weight excluding hydrogens is 456 g/mol. The molecule has 0 saturated carbocycles. The molecule has 0 atom stereocenters. The van der Waals surface area contributed by atoms with Gasteiger partial charge in [0.25, 0.3) is 0 Å². The van der Waals surface area contributed by atoms with Gasteiger partial charge in [-0.15, -0.1) is 0 Å². The molecule has 0 bridgehead atoms. The molecule has 0 saturated heterocycles. The van der Waals surface area contributed by atoms with E-state index in [4.69, 9.17) is 11.6 Å². The highest BCUT2D eigenvalue weighted by Gasteiger charge is 2.11. The van der Waals surface area contributed by atoms with Gasteiger partial charge in [-0.3, -0.25) is 19.4 Å². The SMILES string of the molecule is C=N/C(CCC(=O)c1ccc(Cl)cc1)=C(/Br)C(=O)S.CCOC(=O)CNC. The Balaban J connectivity index is 0.000000713. The highest BCUT2D eigenvalue weighted by Crippen LogP contribution is 2.21. The van der Waals surface area contributed by atoms with E-state index >= 15 is 0 Å². The Bertz CT molecular complexity index is 685. The fourth-order valence-corrected chi connectivity index (χ4v) is 2.33. The second-order valence-corrected chi connectivity index (χ2v) is 6.62. The number of Topliss-reactive ketones (excluding diaryl/α,β-unsaturated/α-hetero) is 1.